The van der Waals surface area contributed by atoms with Crippen LogP contribution in [0.2, 0.25) is 0 Å². The smallest absolute Gasteiger partial charge is 0.0136 e. The van der Waals surface area contributed by atoms with Crippen molar-refractivity contribution in [2.24, 2.45) is 11.7 Å². The number of hydrogen-bond donors (Lipinski definition) is 1. The zero-order valence-corrected chi connectivity index (χ0v) is 8.00. The van der Waals surface area contributed by atoms with Crippen molar-refractivity contribution in [3.8, 4) is 0 Å². The highest BCUT2D eigenvalue weighted by molar-refractivity contribution is 4.92. The monoisotopic (exact) mass is 168 g/mol. The summed E-state index contributed by atoms with van der Waals surface area (Å²) < 4.78 is 0. The summed E-state index contributed by atoms with van der Waals surface area (Å²) >= 11 is 0. The molecule has 2 nitrogen and oxygen atoms in total. The predicted molar refractivity (Wildman–Crippen MR) is 51.0 cm³/mol. The fraction of sp³-hybridized carbons (Fsp3) is 1.00. The minimum absolute atomic E-state index is 0.801. The molecule has 0 aromatic rings. The van der Waals surface area contributed by atoms with Crippen LogP contribution in [-0.2, 0) is 0 Å². The van der Waals surface area contributed by atoms with Gasteiger partial charge in [0.15, 0.2) is 0 Å². The molecule has 2 fully saturated rings. The summed E-state index contributed by atoms with van der Waals surface area (Å²) in [7, 11) is 2.29. The van der Waals surface area contributed by atoms with Crippen LogP contribution in [-0.4, -0.2) is 30.6 Å². The van der Waals surface area contributed by atoms with Gasteiger partial charge in [0.25, 0.3) is 0 Å². The molecule has 0 saturated heterocycles. The molecule has 2 N–H and O–H groups in total. The van der Waals surface area contributed by atoms with Gasteiger partial charge in [0.05, 0.1) is 0 Å². The Kier molecular flexibility index (Phi) is 2.37. The van der Waals surface area contributed by atoms with E-state index in [0.29, 0.717) is 0 Å². The highest BCUT2D eigenvalue weighted by Gasteiger charge is 2.37. The molecule has 70 valence electrons. The van der Waals surface area contributed by atoms with Crippen molar-refractivity contribution in [1.29, 1.82) is 0 Å². The molecular weight excluding hydrogens is 148 g/mol. The van der Waals surface area contributed by atoms with Gasteiger partial charge in [0.2, 0.25) is 0 Å². The van der Waals surface area contributed by atoms with Gasteiger partial charge in [-0.3, -0.25) is 0 Å². The number of hydrogen-bond acceptors (Lipinski definition) is 2. The Hall–Kier alpha value is -0.0800. The molecule has 0 radical (unpaired) electrons. The molecule has 2 aliphatic rings. The van der Waals surface area contributed by atoms with Crippen molar-refractivity contribution in [2.45, 2.75) is 44.2 Å². The third-order valence-corrected chi connectivity index (χ3v) is 3.85. The topological polar surface area (TPSA) is 29.3 Å². The van der Waals surface area contributed by atoms with Gasteiger partial charge in [0.1, 0.15) is 0 Å². The second-order valence-electron chi connectivity index (χ2n) is 4.39. The normalized spacial score (nSPS) is 36.2. The van der Waals surface area contributed by atoms with Crippen LogP contribution in [0, 0.1) is 5.92 Å². The lowest BCUT2D eigenvalue weighted by atomic mass is 9.76. The van der Waals surface area contributed by atoms with Gasteiger partial charge in [-0.05, 0) is 45.2 Å². The number of nitrogens with zero attached hydrogens (tertiary/aromatic N) is 1. The van der Waals surface area contributed by atoms with Gasteiger partial charge in [0, 0.05) is 12.1 Å². The highest BCUT2D eigenvalue weighted by Crippen LogP contribution is 2.35. The summed E-state index contributed by atoms with van der Waals surface area (Å²) in [5, 5.41) is 0. The van der Waals surface area contributed by atoms with Gasteiger partial charge in [-0.2, -0.15) is 0 Å². The first-order valence-electron chi connectivity index (χ1n) is 5.25. The fourth-order valence-corrected chi connectivity index (χ4v) is 2.43. The van der Waals surface area contributed by atoms with E-state index in [1.165, 1.54) is 32.1 Å². The zero-order valence-electron chi connectivity index (χ0n) is 8.00. The number of rotatable bonds is 3. The second kappa shape index (κ2) is 3.35. The molecule has 2 unspecified atom stereocenters. The Bertz CT molecular complexity index is 144. The average molecular weight is 168 g/mol. The van der Waals surface area contributed by atoms with Crippen molar-refractivity contribution in [2.75, 3.05) is 13.6 Å². The summed E-state index contributed by atoms with van der Waals surface area (Å²) in [5.41, 5.74) is 5.69. The minimum atomic E-state index is 0.801. The molecule has 2 saturated carbocycles. The van der Waals surface area contributed by atoms with Crippen molar-refractivity contribution >= 4 is 0 Å². The van der Waals surface area contributed by atoms with E-state index in [9.17, 15) is 0 Å². The van der Waals surface area contributed by atoms with E-state index in [4.69, 9.17) is 5.73 Å². The lowest BCUT2D eigenvalue weighted by Gasteiger charge is -2.48. The first kappa shape index (κ1) is 8.52. The van der Waals surface area contributed by atoms with E-state index in [1.54, 1.807) is 0 Å². The molecule has 0 aliphatic heterocycles. The molecule has 0 bridgehead atoms. The van der Waals surface area contributed by atoms with Crippen LogP contribution in [0.1, 0.15) is 32.1 Å². The van der Waals surface area contributed by atoms with Crippen molar-refractivity contribution in [3.05, 3.63) is 0 Å². The summed E-state index contributed by atoms with van der Waals surface area (Å²) in [5.74, 6) is 0.801. The van der Waals surface area contributed by atoms with Crippen LogP contribution in [0.5, 0.6) is 0 Å². The largest absolute Gasteiger partial charge is 0.330 e. The van der Waals surface area contributed by atoms with Gasteiger partial charge in [-0.25, -0.2) is 0 Å². The summed E-state index contributed by atoms with van der Waals surface area (Å²) in [6.07, 6.45) is 7.02. The fourth-order valence-electron chi connectivity index (χ4n) is 2.43. The summed E-state index contributed by atoms with van der Waals surface area (Å²) in [4.78, 5) is 2.59. The minimum Gasteiger partial charge on any atom is -0.330 e. The van der Waals surface area contributed by atoms with E-state index in [2.05, 4.69) is 11.9 Å². The number of nitrogens with two attached hydrogens (primary N) is 1. The van der Waals surface area contributed by atoms with Crippen molar-refractivity contribution in [1.82, 2.24) is 4.90 Å². The maximum Gasteiger partial charge on any atom is 0.0136 e. The van der Waals surface area contributed by atoms with Crippen LogP contribution >= 0.6 is 0 Å². The quantitative estimate of drug-likeness (QED) is 0.686. The zero-order chi connectivity index (χ0) is 8.55. The first-order valence-corrected chi connectivity index (χ1v) is 5.25. The molecule has 0 spiro atoms. The van der Waals surface area contributed by atoms with E-state index in [1.807, 2.05) is 0 Å². The summed E-state index contributed by atoms with van der Waals surface area (Å²) in [6, 6.07) is 1.71. The Morgan fingerprint density at radius 3 is 2.33 bits per heavy atom. The molecular formula is C10H20N2. The maximum absolute atomic E-state index is 5.69. The third-order valence-electron chi connectivity index (χ3n) is 3.85. The summed E-state index contributed by atoms with van der Waals surface area (Å²) in [6.45, 7) is 0.891. The first-order chi connectivity index (χ1) is 5.83. The third kappa shape index (κ3) is 1.27. The van der Waals surface area contributed by atoms with Crippen LogP contribution < -0.4 is 5.73 Å². The molecule has 0 aromatic heterocycles. The molecule has 12 heavy (non-hydrogen) atoms. The lowest BCUT2D eigenvalue weighted by molar-refractivity contribution is 0.0247. The van der Waals surface area contributed by atoms with Gasteiger partial charge in [-0.1, -0.05) is 6.42 Å². The van der Waals surface area contributed by atoms with Crippen molar-refractivity contribution in [3.63, 3.8) is 0 Å². The molecule has 2 heteroatoms. The van der Waals surface area contributed by atoms with Crippen LogP contribution in [0.3, 0.4) is 0 Å². The van der Waals surface area contributed by atoms with Crippen LogP contribution in [0.15, 0.2) is 0 Å². The van der Waals surface area contributed by atoms with E-state index in [-0.39, 0.29) is 0 Å². The Balaban J connectivity index is 1.82. The predicted octanol–water partition coefficient (Wildman–Crippen LogP) is 1.21. The Morgan fingerprint density at radius 2 is 2.00 bits per heavy atom. The lowest BCUT2D eigenvalue weighted by Crippen LogP contribution is -2.53. The maximum atomic E-state index is 5.69. The van der Waals surface area contributed by atoms with Crippen molar-refractivity contribution < 1.29 is 0 Å². The van der Waals surface area contributed by atoms with E-state index in [0.717, 1.165) is 24.5 Å². The van der Waals surface area contributed by atoms with Gasteiger partial charge in [-0.15, -0.1) is 0 Å². The van der Waals surface area contributed by atoms with E-state index < -0.39 is 0 Å². The Labute approximate surface area is 75.1 Å². The SMILES string of the molecule is CN(C1CCC1)C1CCC1CN. The molecule has 0 heterocycles. The molecule has 0 amide bonds. The molecule has 0 aromatic carbocycles. The van der Waals surface area contributed by atoms with Gasteiger partial charge < -0.3 is 10.6 Å². The molecule has 2 aliphatic carbocycles. The highest BCUT2D eigenvalue weighted by atomic mass is 15.2. The van der Waals surface area contributed by atoms with E-state index >= 15 is 0 Å². The van der Waals surface area contributed by atoms with Crippen LogP contribution in [0.4, 0.5) is 0 Å². The standard InChI is InChI=1S/C10H20N2/c1-12(9-3-2-4-9)10-6-5-8(10)7-11/h8-10H,2-7,11H2,1H3. The van der Waals surface area contributed by atoms with Gasteiger partial charge >= 0.3 is 0 Å². The van der Waals surface area contributed by atoms with Crippen LogP contribution in [0.25, 0.3) is 0 Å². The average Bonchev–Trinajstić information content (AvgIpc) is 1.80. The molecule has 2 atom stereocenters. The second-order valence-corrected chi connectivity index (χ2v) is 4.39. The molecule has 2 rings (SSSR count). The Morgan fingerprint density at radius 1 is 1.25 bits per heavy atom.